The van der Waals surface area contributed by atoms with Crippen LogP contribution < -0.4 is 10.1 Å². The van der Waals surface area contributed by atoms with Gasteiger partial charge in [0.15, 0.2) is 0 Å². The van der Waals surface area contributed by atoms with Gasteiger partial charge in [0.05, 0.1) is 30.2 Å². The zero-order valence-corrected chi connectivity index (χ0v) is 19.6. The van der Waals surface area contributed by atoms with E-state index in [2.05, 4.69) is 20.3 Å². The number of aromatic nitrogens is 3. The Morgan fingerprint density at radius 3 is 2.76 bits per heavy atom. The highest BCUT2D eigenvalue weighted by Crippen LogP contribution is 2.41. The molecule has 2 aliphatic rings. The molecule has 0 radical (unpaired) electrons. The molecule has 3 heterocycles. The average molecular weight is 465 g/mol. The quantitative estimate of drug-likeness (QED) is 0.522. The summed E-state index contributed by atoms with van der Waals surface area (Å²) < 4.78 is 11.7. The first kappa shape index (κ1) is 22.0. The lowest BCUT2D eigenvalue weighted by Gasteiger charge is -2.23. The Morgan fingerprint density at radius 1 is 1.12 bits per heavy atom. The fraction of sp³-hybridized carbons (Fsp3) is 0.440. The number of ether oxygens (including phenoxy) is 2. The van der Waals surface area contributed by atoms with Crippen LogP contribution in [-0.2, 0) is 11.3 Å². The van der Waals surface area contributed by atoms with E-state index in [-0.39, 0.29) is 12.0 Å². The number of nitrogens with one attached hydrogen (secondary N) is 1. The van der Waals surface area contributed by atoms with E-state index in [4.69, 9.17) is 9.47 Å². The van der Waals surface area contributed by atoms with E-state index >= 15 is 0 Å². The number of carbonyl (C=O) groups is 1. The minimum Gasteiger partial charge on any atom is -0.491 e. The smallest absolute Gasteiger partial charge is 0.251 e. The molecular formula is C25H28N4O3S. The van der Waals surface area contributed by atoms with Crippen LogP contribution in [0.5, 0.6) is 5.75 Å². The predicted molar refractivity (Wildman–Crippen MR) is 127 cm³/mol. The second kappa shape index (κ2) is 9.97. The van der Waals surface area contributed by atoms with Gasteiger partial charge in [-0.1, -0.05) is 6.42 Å². The summed E-state index contributed by atoms with van der Waals surface area (Å²) in [6.45, 7) is 3.46. The van der Waals surface area contributed by atoms with Gasteiger partial charge >= 0.3 is 0 Å². The molecule has 1 atom stereocenters. The van der Waals surface area contributed by atoms with Gasteiger partial charge < -0.3 is 14.8 Å². The lowest BCUT2D eigenvalue weighted by Crippen LogP contribution is -2.23. The van der Waals surface area contributed by atoms with Gasteiger partial charge in [-0.3, -0.25) is 14.8 Å². The number of rotatable bonds is 8. The van der Waals surface area contributed by atoms with Gasteiger partial charge in [0.2, 0.25) is 0 Å². The molecule has 0 unspecified atom stereocenters. The van der Waals surface area contributed by atoms with Crippen LogP contribution in [0.2, 0.25) is 0 Å². The van der Waals surface area contributed by atoms with Crippen LogP contribution in [-0.4, -0.2) is 40.2 Å². The van der Waals surface area contributed by atoms with E-state index < -0.39 is 0 Å². The first-order valence-electron chi connectivity index (χ1n) is 11.6. The molecule has 1 saturated heterocycles. The molecule has 2 aromatic heterocycles. The summed E-state index contributed by atoms with van der Waals surface area (Å²) in [5.74, 6) is 1.11. The molecule has 1 aliphatic heterocycles. The lowest BCUT2D eigenvalue weighted by atomic mass is 9.85. The number of carbonyl (C=O) groups excluding carboxylic acids is 1. The van der Waals surface area contributed by atoms with Gasteiger partial charge in [-0.25, -0.2) is 4.98 Å². The van der Waals surface area contributed by atoms with Crippen molar-refractivity contribution in [2.45, 2.75) is 57.6 Å². The molecule has 1 aliphatic carbocycles. The maximum atomic E-state index is 13.0. The number of nitrogens with zero attached hydrogens (tertiary/aromatic N) is 3. The van der Waals surface area contributed by atoms with E-state index in [1.165, 1.54) is 24.1 Å². The van der Waals surface area contributed by atoms with Gasteiger partial charge in [0.25, 0.3) is 5.91 Å². The van der Waals surface area contributed by atoms with Crippen molar-refractivity contribution in [3.05, 3.63) is 58.6 Å². The molecule has 1 amide bonds. The molecule has 33 heavy (non-hydrogen) atoms. The number of aryl methyl sites for hydroxylation is 1. The van der Waals surface area contributed by atoms with Gasteiger partial charge in [-0.2, -0.15) is 0 Å². The maximum Gasteiger partial charge on any atom is 0.251 e. The van der Waals surface area contributed by atoms with E-state index in [0.717, 1.165) is 35.7 Å². The minimum absolute atomic E-state index is 0.108. The minimum atomic E-state index is -0.183. The van der Waals surface area contributed by atoms with Crippen molar-refractivity contribution >= 4 is 17.2 Å². The average Bonchev–Trinajstić information content (AvgIpc) is 3.48. The van der Waals surface area contributed by atoms with E-state index in [1.54, 1.807) is 29.8 Å². The Bertz CT molecular complexity index is 1110. The molecule has 172 valence electrons. The molecule has 1 N–H and O–H groups in total. The normalized spacial score (nSPS) is 18.2. The summed E-state index contributed by atoms with van der Waals surface area (Å²) in [6.07, 6.45) is 11.3. The molecule has 7 nitrogen and oxygen atoms in total. The zero-order chi connectivity index (χ0) is 22.6. The van der Waals surface area contributed by atoms with Crippen LogP contribution in [0.3, 0.4) is 0 Å². The first-order valence-corrected chi connectivity index (χ1v) is 12.4. The fourth-order valence-electron chi connectivity index (χ4n) is 3.99. The third kappa shape index (κ3) is 5.39. The van der Waals surface area contributed by atoms with Gasteiger partial charge in [0.1, 0.15) is 17.4 Å². The highest BCUT2D eigenvalue weighted by Gasteiger charge is 2.23. The SMILES string of the molecule is Cc1cnc(CNC(=O)c2cc(OC[C@H]3CCCO3)cc(-c3ncc(C4CCC4)s3)c2)cn1. The van der Waals surface area contributed by atoms with Gasteiger partial charge in [0, 0.05) is 35.0 Å². The van der Waals surface area contributed by atoms with Crippen LogP contribution in [0, 0.1) is 6.92 Å². The Morgan fingerprint density at radius 2 is 2.03 bits per heavy atom. The van der Waals surface area contributed by atoms with E-state index in [9.17, 15) is 4.79 Å². The van der Waals surface area contributed by atoms with Gasteiger partial charge in [-0.05, 0) is 56.7 Å². The summed E-state index contributed by atoms with van der Waals surface area (Å²) in [5, 5.41) is 3.86. The Labute approximate surface area is 197 Å². The Kier molecular flexibility index (Phi) is 6.64. The van der Waals surface area contributed by atoms with Crippen LogP contribution in [0.4, 0.5) is 0 Å². The number of hydrogen-bond acceptors (Lipinski definition) is 7. The lowest BCUT2D eigenvalue weighted by molar-refractivity contribution is 0.0679. The number of thiazole rings is 1. The van der Waals surface area contributed by atoms with Crippen molar-refractivity contribution in [1.29, 1.82) is 0 Å². The van der Waals surface area contributed by atoms with Crippen molar-refractivity contribution in [3.63, 3.8) is 0 Å². The second-order valence-electron chi connectivity index (χ2n) is 8.72. The van der Waals surface area contributed by atoms with Crippen molar-refractivity contribution in [2.75, 3.05) is 13.2 Å². The largest absolute Gasteiger partial charge is 0.491 e. The number of hydrogen-bond donors (Lipinski definition) is 1. The summed E-state index contributed by atoms with van der Waals surface area (Å²) in [4.78, 5) is 27.5. The predicted octanol–water partition coefficient (Wildman–Crippen LogP) is 4.66. The molecule has 8 heteroatoms. The van der Waals surface area contributed by atoms with Crippen LogP contribution in [0.15, 0.2) is 36.8 Å². The number of amides is 1. The molecule has 0 bridgehead atoms. The standard InChI is InChI=1S/C25H28N4O3S/c1-16-11-27-20(12-26-16)13-28-24(30)18-8-19(25-29-14-23(33-25)17-4-2-5-17)10-22(9-18)32-15-21-6-3-7-31-21/h8-12,14,17,21H,2-7,13,15H2,1H3,(H,28,30)/t21-/m1/s1. The Hall–Kier alpha value is -2.84. The summed E-state index contributed by atoms with van der Waals surface area (Å²) >= 11 is 1.71. The van der Waals surface area contributed by atoms with Crippen molar-refractivity contribution in [1.82, 2.24) is 20.3 Å². The molecule has 2 fully saturated rings. The van der Waals surface area contributed by atoms with Crippen molar-refractivity contribution in [3.8, 4) is 16.3 Å². The topological polar surface area (TPSA) is 86.2 Å². The maximum absolute atomic E-state index is 13.0. The number of benzene rings is 1. The fourth-order valence-corrected chi connectivity index (χ4v) is 5.06. The third-order valence-electron chi connectivity index (χ3n) is 6.17. The van der Waals surface area contributed by atoms with Crippen molar-refractivity contribution < 1.29 is 14.3 Å². The monoisotopic (exact) mass is 464 g/mol. The molecule has 1 aromatic carbocycles. The summed E-state index contributed by atoms with van der Waals surface area (Å²) in [6, 6.07) is 5.65. The zero-order valence-electron chi connectivity index (χ0n) is 18.8. The van der Waals surface area contributed by atoms with E-state index in [0.29, 0.717) is 36.1 Å². The summed E-state index contributed by atoms with van der Waals surface area (Å²) in [5.41, 5.74) is 2.99. The van der Waals surface area contributed by atoms with Gasteiger partial charge in [-0.15, -0.1) is 11.3 Å². The molecular weight excluding hydrogens is 436 g/mol. The highest BCUT2D eigenvalue weighted by atomic mass is 32.1. The molecule has 3 aromatic rings. The van der Waals surface area contributed by atoms with Crippen LogP contribution in [0.25, 0.3) is 10.6 Å². The van der Waals surface area contributed by atoms with E-state index in [1.807, 2.05) is 25.3 Å². The van der Waals surface area contributed by atoms with Crippen LogP contribution >= 0.6 is 11.3 Å². The summed E-state index contributed by atoms with van der Waals surface area (Å²) in [7, 11) is 0. The second-order valence-corrected chi connectivity index (χ2v) is 9.78. The third-order valence-corrected chi connectivity index (χ3v) is 7.38. The van der Waals surface area contributed by atoms with Crippen LogP contribution in [0.1, 0.15) is 64.6 Å². The molecule has 0 spiro atoms. The molecule has 5 rings (SSSR count). The Balaban J connectivity index is 1.35. The highest BCUT2D eigenvalue weighted by molar-refractivity contribution is 7.15. The molecule has 1 saturated carbocycles. The first-order chi connectivity index (χ1) is 16.1. The van der Waals surface area contributed by atoms with Crippen molar-refractivity contribution in [2.24, 2.45) is 0 Å².